The van der Waals surface area contributed by atoms with Gasteiger partial charge in [-0.1, -0.05) is 34.6 Å². The summed E-state index contributed by atoms with van der Waals surface area (Å²) in [5.41, 5.74) is 3.54. The Morgan fingerprint density at radius 2 is 2.00 bits per heavy atom. The van der Waals surface area contributed by atoms with Gasteiger partial charge in [-0.2, -0.15) is 0 Å². The molecule has 4 rings (SSSR count). The molecule has 0 spiro atoms. The van der Waals surface area contributed by atoms with Crippen molar-refractivity contribution < 1.29 is 9.26 Å². The summed E-state index contributed by atoms with van der Waals surface area (Å²) in [4.78, 5) is 0. The zero-order valence-corrected chi connectivity index (χ0v) is 12.5. The SMILES string of the molecule is COc1cccc(-c2cc(Cn3nnc4ccccc43)on2)c1. The summed E-state index contributed by atoms with van der Waals surface area (Å²) >= 11 is 0. The zero-order valence-electron chi connectivity index (χ0n) is 12.5. The lowest BCUT2D eigenvalue weighted by Gasteiger charge is -2.00. The first-order valence-electron chi connectivity index (χ1n) is 7.22. The van der Waals surface area contributed by atoms with Gasteiger partial charge in [-0.3, -0.25) is 0 Å². The molecule has 0 aliphatic rings. The van der Waals surface area contributed by atoms with E-state index in [9.17, 15) is 0 Å². The van der Waals surface area contributed by atoms with Crippen LogP contribution in [-0.4, -0.2) is 27.3 Å². The quantitative estimate of drug-likeness (QED) is 0.579. The van der Waals surface area contributed by atoms with E-state index in [2.05, 4.69) is 15.5 Å². The number of hydrogen-bond acceptors (Lipinski definition) is 5. The minimum absolute atomic E-state index is 0.484. The number of benzene rings is 2. The summed E-state index contributed by atoms with van der Waals surface area (Å²) in [6.07, 6.45) is 0. The normalized spacial score (nSPS) is 11.0. The molecule has 0 amide bonds. The summed E-state index contributed by atoms with van der Waals surface area (Å²) in [5.74, 6) is 1.51. The predicted octanol–water partition coefficient (Wildman–Crippen LogP) is 3.14. The van der Waals surface area contributed by atoms with E-state index < -0.39 is 0 Å². The molecule has 0 bridgehead atoms. The van der Waals surface area contributed by atoms with Crippen molar-refractivity contribution in [1.29, 1.82) is 0 Å². The van der Waals surface area contributed by atoms with Gasteiger partial charge in [0.2, 0.25) is 0 Å². The highest BCUT2D eigenvalue weighted by Gasteiger charge is 2.10. The number of aromatic nitrogens is 4. The second-order valence-corrected chi connectivity index (χ2v) is 5.15. The van der Waals surface area contributed by atoms with Gasteiger partial charge in [-0.15, -0.1) is 5.10 Å². The first-order chi connectivity index (χ1) is 11.3. The van der Waals surface area contributed by atoms with Gasteiger partial charge in [-0.05, 0) is 24.3 Å². The van der Waals surface area contributed by atoms with Crippen LogP contribution in [0.15, 0.2) is 59.1 Å². The lowest BCUT2D eigenvalue weighted by molar-refractivity contribution is 0.373. The fourth-order valence-electron chi connectivity index (χ4n) is 2.49. The van der Waals surface area contributed by atoms with Crippen molar-refractivity contribution in [2.45, 2.75) is 6.54 Å². The van der Waals surface area contributed by atoms with Crippen molar-refractivity contribution >= 4 is 11.0 Å². The highest BCUT2D eigenvalue weighted by Crippen LogP contribution is 2.24. The van der Waals surface area contributed by atoms with Crippen molar-refractivity contribution in [2.24, 2.45) is 0 Å². The van der Waals surface area contributed by atoms with Crippen LogP contribution < -0.4 is 4.74 Å². The molecular formula is C17H14N4O2. The molecule has 0 atom stereocenters. The van der Waals surface area contributed by atoms with Gasteiger partial charge in [0, 0.05) is 11.6 Å². The van der Waals surface area contributed by atoms with Crippen molar-refractivity contribution in [1.82, 2.24) is 20.2 Å². The zero-order chi connectivity index (χ0) is 15.6. The fourth-order valence-corrected chi connectivity index (χ4v) is 2.49. The first kappa shape index (κ1) is 13.5. The molecule has 2 aromatic carbocycles. The van der Waals surface area contributed by atoms with Gasteiger partial charge in [0.05, 0.1) is 12.6 Å². The Bertz CT molecular complexity index is 958. The monoisotopic (exact) mass is 306 g/mol. The number of fused-ring (bicyclic) bond motifs is 1. The Balaban J connectivity index is 1.63. The second kappa shape index (κ2) is 5.57. The third-order valence-electron chi connectivity index (χ3n) is 3.65. The van der Waals surface area contributed by atoms with Crippen LogP contribution in [0.2, 0.25) is 0 Å². The molecule has 0 saturated heterocycles. The van der Waals surface area contributed by atoms with E-state index in [1.165, 1.54) is 0 Å². The van der Waals surface area contributed by atoms with E-state index in [0.717, 1.165) is 33.8 Å². The Morgan fingerprint density at radius 1 is 1.09 bits per heavy atom. The molecule has 4 aromatic rings. The van der Waals surface area contributed by atoms with E-state index in [4.69, 9.17) is 9.26 Å². The van der Waals surface area contributed by atoms with E-state index in [1.807, 2.05) is 54.6 Å². The van der Waals surface area contributed by atoms with Crippen molar-refractivity contribution in [3.63, 3.8) is 0 Å². The summed E-state index contributed by atoms with van der Waals surface area (Å²) in [6.45, 7) is 0.484. The molecule has 0 aliphatic heterocycles. The number of rotatable bonds is 4. The van der Waals surface area contributed by atoms with Gasteiger partial charge < -0.3 is 9.26 Å². The van der Waals surface area contributed by atoms with Crippen LogP contribution in [0.25, 0.3) is 22.3 Å². The fraction of sp³-hybridized carbons (Fsp3) is 0.118. The lowest BCUT2D eigenvalue weighted by Crippen LogP contribution is -2.00. The van der Waals surface area contributed by atoms with E-state index in [0.29, 0.717) is 6.54 Å². The topological polar surface area (TPSA) is 66.0 Å². The molecule has 0 aliphatic carbocycles. The molecule has 0 radical (unpaired) electrons. The Labute approximate surface area is 132 Å². The van der Waals surface area contributed by atoms with Gasteiger partial charge in [0.25, 0.3) is 0 Å². The van der Waals surface area contributed by atoms with Crippen molar-refractivity contribution in [3.8, 4) is 17.0 Å². The molecule has 0 saturated carbocycles. The molecule has 6 heteroatoms. The number of hydrogen-bond donors (Lipinski definition) is 0. The van der Waals surface area contributed by atoms with Crippen molar-refractivity contribution in [3.05, 3.63) is 60.4 Å². The maximum atomic E-state index is 5.44. The predicted molar refractivity (Wildman–Crippen MR) is 85.1 cm³/mol. The second-order valence-electron chi connectivity index (χ2n) is 5.15. The standard InChI is InChI=1S/C17H14N4O2/c1-22-13-6-4-5-12(9-13)16-10-14(23-19-16)11-21-17-8-3-2-7-15(17)18-20-21/h2-10H,11H2,1H3. The van der Waals surface area contributed by atoms with Crippen LogP contribution in [0.1, 0.15) is 5.76 Å². The van der Waals surface area contributed by atoms with Crippen LogP contribution in [0, 0.1) is 0 Å². The largest absolute Gasteiger partial charge is 0.497 e. The maximum Gasteiger partial charge on any atom is 0.158 e. The lowest BCUT2D eigenvalue weighted by atomic mass is 10.1. The number of ether oxygens (including phenoxy) is 1. The third kappa shape index (κ3) is 2.55. The number of para-hydroxylation sites is 1. The molecule has 0 fully saturated rings. The molecule has 114 valence electrons. The average Bonchev–Trinajstić information content (AvgIpc) is 3.23. The van der Waals surface area contributed by atoms with Gasteiger partial charge in [0.1, 0.15) is 23.5 Å². The maximum absolute atomic E-state index is 5.44. The third-order valence-corrected chi connectivity index (χ3v) is 3.65. The van der Waals surface area contributed by atoms with E-state index in [-0.39, 0.29) is 0 Å². The molecule has 0 unspecified atom stereocenters. The van der Waals surface area contributed by atoms with E-state index in [1.54, 1.807) is 11.8 Å². The molecule has 23 heavy (non-hydrogen) atoms. The summed E-state index contributed by atoms with van der Waals surface area (Å²) in [7, 11) is 1.64. The van der Waals surface area contributed by atoms with Gasteiger partial charge in [0.15, 0.2) is 5.76 Å². The summed E-state index contributed by atoms with van der Waals surface area (Å²) in [5, 5.41) is 12.4. The van der Waals surface area contributed by atoms with Crippen LogP contribution >= 0.6 is 0 Å². The van der Waals surface area contributed by atoms with Crippen molar-refractivity contribution in [2.75, 3.05) is 7.11 Å². The average molecular weight is 306 g/mol. The Hall–Kier alpha value is -3.15. The molecular weight excluding hydrogens is 292 g/mol. The van der Waals surface area contributed by atoms with Crippen LogP contribution in [0.5, 0.6) is 5.75 Å². The smallest absolute Gasteiger partial charge is 0.158 e. The highest BCUT2D eigenvalue weighted by atomic mass is 16.5. The molecule has 2 heterocycles. The minimum atomic E-state index is 0.484. The Kier molecular flexibility index (Phi) is 3.27. The Morgan fingerprint density at radius 3 is 2.91 bits per heavy atom. The number of nitrogens with zero attached hydrogens (tertiary/aromatic N) is 4. The van der Waals surface area contributed by atoms with Crippen LogP contribution in [-0.2, 0) is 6.54 Å². The van der Waals surface area contributed by atoms with Crippen LogP contribution in [0.3, 0.4) is 0 Å². The van der Waals surface area contributed by atoms with Gasteiger partial charge in [-0.25, -0.2) is 4.68 Å². The minimum Gasteiger partial charge on any atom is -0.497 e. The summed E-state index contributed by atoms with van der Waals surface area (Å²) in [6, 6.07) is 17.4. The molecule has 6 nitrogen and oxygen atoms in total. The number of methoxy groups -OCH3 is 1. The summed E-state index contributed by atoms with van der Waals surface area (Å²) < 4.78 is 12.5. The molecule has 2 aromatic heterocycles. The van der Waals surface area contributed by atoms with Gasteiger partial charge >= 0.3 is 0 Å². The molecule has 0 N–H and O–H groups in total. The van der Waals surface area contributed by atoms with E-state index >= 15 is 0 Å². The van der Waals surface area contributed by atoms with Crippen LogP contribution in [0.4, 0.5) is 0 Å². The first-order valence-corrected chi connectivity index (χ1v) is 7.22. The highest BCUT2D eigenvalue weighted by molar-refractivity contribution is 5.73.